The number of hydrogen-bond donors (Lipinski definition) is 0. The van der Waals surface area contributed by atoms with Crippen LogP contribution in [-0.2, 0) is 0 Å². The second kappa shape index (κ2) is 5.72. The Morgan fingerprint density at radius 2 is 1.16 bits per heavy atom. The summed E-state index contributed by atoms with van der Waals surface area (Å²) in [5.74, 6) is 0. The molecule has 118 valence electrons. The van der Waals surface area contributed by atoms with Gasteiger partial charge in [0.2, 0.25) is 0 Å². The molecule has 5 rings (SSSR count). The second-order valence-corrected chi connectivity index (χ2v) is 7.17. The van der Waals surface area contributed by atoms with Crippen LogP contribution in [0.25, 0.3) is 43.4 Å². The summed E-state index contributed by atoms with van der Waals surface area (Å²) < 4.78 is 1.17. The number of benzene rings is 5. The molecule has 0 aliphatic heterocycles. The lowest BCUT2D eigenvalue weighted by Gasteiger charge is -2.11. The molecule has 0 aliphatic carbocycles. The molecule has 5 aromatic carbocycles. The quantitative estimate of drug-likeness (QED) is 0.262. The molecule has 0 atom stereocenters. The van der Waals surface area contributed by atoms with E-state index < -0.39 is 0 Å². The first-order valence-electron chi connectivity index (χ1n) is 8.40. The first kappa shape index (κ1) is 14.7. The van der Waals surface area contributed by atoms with E-state index in [-0.39, 0.29) is 0 Å². The zero-order valence-electron chi connectivity index (χ0n) is 13.5. The second-order valence-electron chi connectivity index (χ2n) is 6.37. The van der Waals surface area contributed by atoms with Crippen LogP contribution in [0.5, 0.6) is 0 Å². The van der Waals surface area contributed by atoms with Crippen molar-refractivity contribution < 1.29 is 0 Å². The predicted octanol–water partition coefficient (Wildman–Crippen LogP) is 7.58. The minimum absolute atomic E-state index is 1.17. The molecule has 0 N–H and O–H groups in total. The molecule has 0 amide bonds. The molecule has 0 unspecified atom stereocenters. The molecular weight excluding hydrogens is 368 g/mol. The maximum Gasteiger partial charge on any atom is 0.0332 e. The average molecular weight is 383 g/mol. The number of halogens is 1. The Morgan fingerprint density at radius 1 is 0.480 bits per heavy atom. The van der Waals surface area contributed by atoms with E-state index in [2.05, 4.69) is 107 Å². The van der Waals surface area contributed by atoms with Gasteiger partial charge in [0.25, 0.3) is 0 Å². The van der Waals surface area contributed by atoms with Crippen molar-refractivity contribution in [3.05, 3.63) is 95.5 Å². The largest absolute Gasteiger partial charge is 0.0616 e. The fourth-order valence-electron chi connectivity index (χ4n) is 3.65. The summed E-state index contributed by atoms with van der Waals surface area (Å²) in [6.45, 7) is 0. The lowest BCUT2D eigenvalue weighted by Crippen LogP contribution is -1.84. The molecule has 0 saturated carbocycles. The molecule has 5 aromatic rings. The van der Waals surface area contributed by atoms with Crippen LogP contribution in [0.1, 0.15) is 0 Å². The lowest BCUT2D eigenvalue weighted by atomic mass is 9.95. The Balaban J connectivity index is 1.83. The summed E-state index contributed by atoms with van der Waals surface area (Å²) >= 11 is 3.84. The van der Waals surface area contributed by atoms with Crippen LogP contribution >= 0.6 is 15.9 Å². The zero-order valence-corrected chi connectivity index (χ0v) is 15.1. The van der Waals surface area contributed by atoms with Gasteiger partial charge in [0.05, 0.1) is 0 Å². The van der Waals surface area contributed by atoms with Crippen LogP contribution in [0.15, 0.2) is 95.5 Å². The standard InChI is InChI=1S/C24H15Br/c25-24-22-10-4-2-7-17(22)14-18-12-13-19(15-23(18)24)21-11-5-8-16-6-1-3-9-20(16)21/h1-15H. The van der Waals surface area contributed by atoms with Crippen LogP contribution in [0.4, 0.5) is 0 Å². The molecule has 0 aromatic heterocycles. The maximum atomic E-state index is 3.84. The third kappa shape index (κ3) is 2.35. The third-order valence-corrected chi connectivity index (χ3v) is 5.75. The van der Waals surface area contributed by atoms with Gasteiger partial charge in [-0.05, 0) is 71.5 Å². The van der Waals surface area contributed by atoms with Gasteiger partial charge in [-0.15, -0.1) is 0 Å². The molecule has 0 nitrogen and oxygen atoms in total. The van der Waals surface area contributed by atoms with E-state index >= 15 is 0 Å². The van der Waals surface area contributed by atoms with E-state index in [0.717, 1.165) is 0 Å². The Morgan fingerprint density at radius 3 is 2.04 bits per heavy atom. The average Bonchev–Trinajstić information content (AvgIpc) is 2.68. The molecule has 0 bridgehead atoms. The van der Waals surface area contributed by atoms with Crippen molar-refractivity contribution in [1.82, 2.24) is 0 Å². The highest BCUT2D eigenvalue weighted by Gasteiger charge is 2.08. The van der Waals surface area contributed by atoms with Crippen LogP contribution in [0, 0.1) is 0 Å². The molecule has 0 fully saturated rings. The fraction of sp³-hybridized carbons (Fsp3) is 0. The van der Waals surface area contributed by atoms with Gasteiger partial charge in [-0.3, -0.25) is 0 Å². The molecule has 0 aliphatic rings. The highest BCUT2D eigenvalue weighted by Crippen LogP contribution is 2.36. The lowest BCUT2D eigenvalue weighted by molar-refractivity contribution is 1.68. The summed E-state index contributed by atoms with van der Waals surface area (Å²) in [6, 6.07) is 32.6. The topological polar surface area (TPSA) is 0 Å². The van der Waals surface area contributed by atoms with E-state index in [0.29, 0.717) is 0 Å². The van der Waals surface area contributed by atoms with Crippen LogP contribution in [0.2, 0.25) is 0 Å². The summed E-state index contributed by atoms with van der Waals surface area (Å²) in [6.07, 6.45) is 0. The Kier molecular flexibility index (Phi) is 3.36. The monoisotopic (exact) mass is 382 g/mol. The molecule has 25 heavy (non-hydrogen) atoms. The first-order chi connectivity index (χ1) is 12.3. The predicted molar refractivity (Wildman–Crippen MR) is 112 cm³/mol. The summed E-state index contributed by atoms with van der Waals surface area (Å²) in [5, 5.41) is 7.60. The van der Waals surface area contributed by atoms with Gasteiger partial charge in [0.15, 0.2) is 0 Å². The normalized spacial score (nSPS) is 11.4. The molecule has 0 spiro atoms. The molecule has 0 radical (unpaired) electrons. The van der Waals surface area contributed by atoms with E-state index in [1.54, 1.807) is 0 Å². The maximum absolute atomic E-state index is 3.84. The number of fused-ring (bicyclic) bond motifs is 3. The SMILES string of the molecule is Brc1c2ccccc2cc2ccc(-c3cccc4ccccc34)cc12. The zero-order chi connectivity index (χ0) is 16.8. The first-order valence-corrected chi connectivity index (χ1v) is 9.20. The van der Waals surface area contributed by atoms with Crippen molar-refractivity contribution in [1.29, 1.82) is 0 Å². The molecule has 1 heteroatoms. The van der Waals surface area contributed by atoms with Crippen LogP contribution in [0.3, 0.4) is 0 Å². The van der Waals surface area contributed by atoms with Gasteiger partial charge in [0.1, 0.15) is 0 Å². The third-order valence-electron chi connectivity index (χ3n) is 4.90. The number of rotatable bonds is 1. The van der Waals surface area contributed by atoms with Crippen molar-refractivity contribution in [2.75, 3.05) is 0 Å². The van der Waals surface area contributed by atoms with Gasteiger partial charge >= 0.3 is 0 Å². The van der Waals surface area contributed by atoms with Gasteiger partial charge in [-0.25, -0.2) is 0 Å². The minimum atomic E-state index is 1.17. The minimum Gasteiger partial charge on any atom is -0.0616 e. The highest BCUT2D eigenvalue weighted by molar-refractivity contribution is 9.10. The fourth-order valence-corrected chi connectivity index (χ4v) is 4.36. The van der Waals surface area contributed by atoms with Crippen molar-refractivity contribution in [2.45, 2.75) is 0 Å². The van der Waals surface area contributed by atoms with Crippen LogP contribution < -0.4 is 0 Å². The number of hydrogen-bond acceptors (Lipinski definition) is 0. The Labute approximate surface area is 154 Å². The van der Waals surface area contributed by atoms with Gasteiger partial charge in [0, 0.05) is 4.47 Å². The van der Waals surface area contributed by atoms with E-state index in [1.807, 2.05) is 0 Å². The highest BCUT2D eigenvalue weighted by atomic mass is 79.9. The molecular formula is C24H15Br. The summed E-state index contributed by atoms with van der Waals surface area (Å²) in [4.78, 5) is 0. The van der Waals surface area contributed by atoms with Crippen molar-refractivity contribution in [3.63, 3.8) is 0 Å². The molecule has 0 heterocycles. The summed E-state index contributed by atoms with van der Waals surface area (Å²) in [5.41, 5.74) is 2.53. The van der Waals surface area contributed by atoms with Crippen LogP contribution in [-0.4, -0.2) is 0 Å². The van der Waals surface area contributed by atoms with Crippen molar-refractivity contribution >= 4 is 48.2 Å². The Bertz CT molecular complexity index is 1250. The van der Waals surface area contributed by atoms with Gasteiger partial charge < -0.3 is 0 Å². The van der Waals surface area contributed by atoms with E-state index in [9.17, 15) is 0 Å². The van der Waals surface area contributed by atoms with Crippen molar-refractivity contribution in [3.8, 4) is 11.1 Å². The Hall–Kier alpha value is -2.64. The van der Waals surface area contributed by atoms with Gasteiger partial charge in [-0.2, -0.15) is 0 Å². The van der Waals surface area contributed by atoms with Crippen molar-refractivity contribution in [2.24, 2.45) is 0 Å². The van der Waals surface area contributed by atoms with E-state index in [1.165, 1.54) is 47.9 Å². The summed E-state index contributed by atoms with van der Waals surface area (Å²) in [7, 11) is 0. The molecule has 0 saturated heterocycles. The smallest absolute Gasteiger partial charge is 0.0332 e. The van der Waals surface area contributed by atoms with E-state index in [4.69, 9.17) is 0 Å². The van der Waals surface area contributed by atoms with Gasteiger partial charge in [-0.1, -0.05) is 78.9 Å².